The molecule has 0 saturated heterocycles. The van der Waals surface area contributed by atoms with E-state index in [0.29, 0.717) is 35.9 Å². The average molecular weight is 435 g/mol. The first-order valence-electron chi connectivity index (χ1n) is 10.8. The lowest BCUT2D eigenvalue weighted by atomic mass is 10.2. The molecule has 2 rings (SSSR count). The van der Waals surface area contributed by atoms with Crippen LogP contribution in [0, 0.1) is 25.2 Å². The third-order valence-electron chi connectivity index (χ3n) is 5.17. The van der Waals surface area contributed by atoms with Crippen molar-refractivity contribution in [3.05, 3.63) is 58.8 Å². The zero-order valence-electron chi connectivity index (χ0n) is 20.2. The Balaban J connectivity index is 2.79. The monoisotopic (exact) mass is 434 g/mol. The van der Waals surface area contributed by atoms with Gasteiger partial charge in [0, 0.05) is 32.2 Å². The largest absolute Gasteiger partial charge is 0.373 e. The molecule has 1 aromatic carbocycles. The molecule has 0 atom stereocenters. The molecule has 0 radical (unpaired) electrons. The highest BCUT2D eigenvalue weighted by atomic mass is 16.2. The lowest BCUT2D eigenvalue weighted by Crippen LogP contribution is -2.30. The average Bonchev–Trinajstić information content (AvgIpc) is 3.07. The van der Waals surface area contributed by atoms with Gasteiger partial charge < -0.3 is 15.1 Å². The van der Waals surface area contributed by atoms with Crippen molar-refractivity contribution in [2.24, 2.45) is 0 Å². The summed E-state index contributed by atoms with van der Waals surface area (Å²) in [5.41, 5.74) is 4.42. The second-order valence-corrected chi connectivity index (χ2v) is 7.95. The van der Waals surface area contributed by atoms with E-state index in [-0.39, 0.29) is 5.91 Å². The number of hydrogen-bond donors (Lipinski definition) is 1. The number of anilines is 1. The van der Waals surface area contributed by atoms with E-state index < -0.39 is 0 Å². The van der Waals surface area contributed by atoms with Crippen molar-refractivity contribution in [2.75, 3.05) is 39.1 Å². The van der Waals surface area contributed by atoms with Crippen LogP contribution in [0.1, 0.15) is 47.8 Å². The number of hydrogen-bond acceptors (Lipinski definition) is 6. The summed E-state index contributed by atoms with van der Waals surface area (Å²) in [6.45, 7) is 9.00. The molecular weight excluding hydrogens is 400 g/mol. The maximum absolute atomic E-state index is 13.0. The number of aryl methyl sites for hydroxylation is 1. The maximum Gasteiger partial charge on any atom is 0.232 e. The van der Waals surface area contributed by atoms with Crippen LogP contribution in [0.4, 0.5) is 5.69 Å². The van der Waals surface area contributed by atoms with Crippen LogP contribution in [-0.4, -0.2) is 54.6 Å². The number of nitrogens with zero attached hydrogens (tertiary/aromatic N) is 5. The van der Waals surface area contributed by atoms with Crippen molar-refractivity contribution < 1.29 is 4.79 Å². The number of imidazole rings is 1. The number of carbonyl (C=O) groups is 1. The SMILES string of the molecule is C/C=C\c1nc(/C(=C(/C#N)NCCN(C)C)N(C)c2cccc(C)c2)n(C(=O)CC)c1C. The molecule has 0 saturated carbocycles. The number of benzene rings is 1. The highest BCUT2D eigenvalue weighted by Gasteiger charge is 2.26. The topological polar surface area (TPSA) is 77.2 Å². The van der Waals surface area contributed by atoms with Gasteiger partial charge in [-0.15, -0.1) is 0 Å². The predicted molar refractivity (Wildman–Crippen MR) is 131 cm³/mol. The fraction of sp³-hybridized carbons (Fsp3) is 0.400. The maximum atomic E-state index is 13.0. The Kier molecular flexibility index (Phi) is 8.80. The Hall–Kier alpha value is -3.37. The van der Waals surface area contributed by atoms with Crippen LogP contribution >= 0.6 is 0 Å². The van der Waals surface area contributed by atoms with Crippen LogP contribution in [0.2, 0.25) is 0 Å². The number of rotatable bonds is 9. The van der Waals surface area contributed by atoms with Crippen molar-refractivity contribution in [3.63, 3.8) is 0 Å². The first-order chi connectivity index (χ1) is 15.2. The second kappa shape index (κ2) is 11.3. The van der Waals surface area contributed by atoms with Crippen LogP contribution in [0.25, 0.3) is 11.8 Å². The molecule has 0 fully saturated rings. The van der Waals surface area contributed by atoms with Crippen LogP contribution in [0.3, 0.4) is 0 Å². The van der Waals surface area contributed by atoms with Crippen molar-refractivity contribution in [3.8, 4) is 6.07 Å². The number of allylic oxidation sites excluding steroid dienone is 2. The molecule has 1 N–H and O–H groups in total. The fourth-order valence-electron chi connectivity index (χ4n) is 3.43. The summed E-state index contributed by atoms with van der Waals surface area (Å²) in [5.74, 6) is 0.391. The first kappa shape index (κ1) is 24.9. The van der Waals surface area contributed by atoms with E-state index in [1.54, 1.807) is 4.57 Å². The normalized spacial score (nSPS) is 12.1. The van der Waals surface area contributed by atoms with E-state index in [0.717, 1.165) is 23.5 Å². The lowest BCUT2D eigenvalue weighted by molar-refractivity contribution is 0.0905. The molecule has 0 unspecified atom stereocenters. The number of aromatic nitrogens is 2. The van der Waals surface area contributed by atoms with E-state index in [4.69, 9.17) is 4.98 Å². The molecule has 7 heteroatoms. The van der Waals surface area contributed by atoms with E-state index in [1.807, 2.05) is 95.1 Å². The summed E-state index contributed by atoms with van der Waals surface area (Å²) in [6, 6.07) is 10.3. The highest BCUT2D eigenvalue weighted by Crippen LogP contribution is 2.29. The van der Waals surface area contributed by atoms with Gasteiger partial charge in [-0.1, -0.05) is 25.1 Å². The summed E-state index contributed by atoms with van der Waals surface area (Å²) >= 11 is 0. The molecule has 1 heterocycles. The van der Waals surface area contributed by atoms with Crippen LogP contribution < -0.4 is 10.2 Å². The van der Waals surface area contributed by atoms with Gasteiger partial charge in [0.15, 0.2) is 5.82 Å². The molecule has 0 spiro atoms. The van der Waals surface area contributed by atoms with Crippen LogP contribution in [-0.2, 0) is 0 Å². The molecule has 2 aromatic rings. The third kappa shape index (κ3) is 5.65. The molecular formula is C25H34N6O. The van der Waals surface area contributed by atoms with E-state index in [2.05, 4.69) is 11.4 Å². The van der Waals surface area contributed by atoms with Crippen molar-refractivity contribution in [2.45, 2.75) is 34.1 Å². The minimum atomic E-state index is -0.0681. The smallest absolute Gasteiger partial charge is 0.232 e. The Bertz CT molecular complexity index is 1050. The summed E-state index contributed by atoms with van der Waals surface area (Å²) in [4.78, 5) is 21.7. The van der Waals surface area contributed by atoms with Gasteiger partial charge in [-0.25, -0.2) is 4.98 Å². The molecule has 0 aliphatic heterocycles. The molecule has 1 aromatic heterocycles. The Labute approximate surface area is 191 Å². The first-order valence-corrected chi connectivity index (χ1v) is 10.8. The van der Waals surface area contributed by atoms with Gasteiger partial charge in [0.1, 0.15) is 17.5 Å². The van der Waals surface area contributed by atoms with Gasteiger partial charge in [-0.2, -0.15) is 5.26 Å². The summed E-state index contributed by atoms with van der Waals surface area (Å²) in [6.07, 6.45) is 4.11. The van der Waals surface area contributed by atoms with Gasteiger partial charge in [-0.05, 0) is 58.6 Å². The summed E-state index contributed by atoms with van der Waals surface area (Å²) in [5, 5.41) is 13.4. The summed E-state index contributed by atoms with van der Waals surface area (Å²) in [7, 11) is 5.86. The molecule has 7 nitrogen and oxygen atoms in total. The molecule has 170 valence electrons. The Morgan fingerprint density at radius 1 is 1.28 bits per heavy atom. The number of nitrogens with one attached hydrogen (secondary N) is 1. The van der Waals surface area contributed by atoms with Gasteiger partial charge in [0.05, 0.1) is 11.4 Å². The predicted octanol–water partition coefficient (Wildman–Crippen LogP) is 4.06. The standard InChI is InChI=1S/C25H34N6O/c1-8-11-21-19(4)31(23(32)9-2)25(28-21)24(22(17-26)27-14-15-29(5)6)30(7)20-13-10-12-18(3)16-20/h8,10-13,16,27H,9,14-15H2,1-7H3/b11-8-,24-22+. The summed E-state index contributed by atoms with van der Waals surface area (Å²) < 4.78 is 1.63. The Morgan fingerprint density at radius 3 is 2.56 bits per heavy atom. The van der Waals surface area contributed by atoms with Crippen LogP contribution in [0.5, 0.6) is 0 Å². The highest BCUT2D eigenvalue weighted by molar-refractivity contribution is 5.88. The zero-order valence-corrected chi connectivity index (χ0v) is 20.2. The quantitative estimate of drug-likeness (QED) is 0.600. The van der Waals surface area contributed by atoms with Gasteiger partial charge in [0.2, 0.25) is 5.91 Å². The zero-order chi connectivity index (χ0) is 23.8. The molecule has 0 aliphatic carbocycles. The van der Waals surface area contributed by atoms with Crippen molar-refractivity contribution >= 4 is 23.4 Å². The third-order valence-corrected chi connectivity index (χ3v) is 5.17. The van der Waals surface area contributed by atoms with Gasteiger partial charge in [0.25, 0.3) is 0 Å². The van der Waals surface area contributed by atoms with Crippen LogP contribution in [0.15, 0.2) is 36.0 Å². The number of likely N-dealkylation sites (N-methyl/N-ethyl adjacent to an activating group) is 1. The lowest BCUT2D eigenvalue weighted by Gasteiger charge is -2.25. The fourth-order valence-corrected chi connectivity index (χ4v) is 3.43. The van der Waals surface area contributed by atoms with Crippen molar-refractivity contribution in [1.29, 1.82) is 5.26 Å². The van der Waals surface area contributed by atoms with Gasteiger partial charge >= 0.3 is 0 Å². The molecule has 0 bridgehead atoms. The second-order valence-electron chi connectivity index (χ2n) is 7.95. The Morgan fingerprint density at radius 2 is 2.00 bits per heavy atom. The molecule has 0 amide bonds. The number of nitriles is 1. The molecule has 32 heavy (non-hydrogen) atoms. The van der Waals surface area contributed by atoms with Gasteiger partial charge in [-0.3, -0.25) is 9.36 Å². The van der Waals surface area contributed by atoms with Crippen molar-refractivity contribution in [1.82, 2.24) is 19.8 Å². The van der Waals surface area contributed by atoms with E-state index >= 15 is 0 Å². The van der Waals surface area contributed by atoms with E-state index in [9.17, 15) is 10.1 Å². The molecule has 0 aliphatic rings. The minimum Gasteiger partial charge on any atom is -0.373 e. The van der Waals surface area contributed by atoms with E-state index in [1.165, 1.54) is 0 Å². The minimum absolute atomic E-state index is 0.0681. The number of carbonyl (C=O) groups excluding carboxylic acids is 1.